The number of anilines is 2. The van der Waals surface area contributed by atoms with Gasteiger partial charge in [0, 0.05) is 11.3 Å². The number of hydrogen-bond acceptors (Lipinski definition) is 4. The molecular weight excluding hydrogens is 376 g/mol. The second-order valence-electron chi connectivity index (χ2n) is 6.40. The molecule has 0 aromatic heterocycles. The fraction of sp³-hybridized carbons (Fsp3) is 0.0952. The lowest BCUT2D eigenvalue weighted by atomic mass is 10.1. The lowest BCUT2D eigenvalue weighted by molar-refractivity contribution is 0.102. The zero-order chi connectivity index (χ0) is 20.3. The third kappa shape index (κ3) is 4.32. The zero-order valence-corrected chi connectivity index (χ0v) is 16.2. The van der Waals surface area contributed by atoms with Crippen LogP contribution < -0.4 is 10.0 Å². The fourth-order valence-electron chi connectivity index (χ4n) is 2.58. The van der Waals surface area contributed by atoms with Gasteiger partial charge in [-0.3, -0.25) is 9.52 Å². The van der Waals surface area contributed by atoms with E-state index in [0.717, 1.165) is 11.1 Å². The maximum Gasteiger partial charge on any atom is 0.261 e. The molecule has 0 bridgehead atoms. The van der Waals surface area contributed by atoms with Crippen LogP contribution in [-0.4, -0.2) is 19.4 Å². The number of carbonyl (C=O) groups excluding carboxylic acids is 1. The number of amides is 1. The predicted molar refractivity (Wildman–Crippen MR) is 109 cm³/mol. The van der Waals surface area contributed by atoms with Gasteiger partial charge in [0.15, 0.2) is 0 Å². The molecule has 3 aromatic rings. The van der Waals surface area contributed by atoms with Crippen molar-refractivity contribution < 1.29 is 18.3 Å². The molecule has 6 nitrogen and oxygen atoms in total. The van der Waals surface area contributed by atoms with Gasteiger partial charge in [-0.25, -0.2) is 8.42 Å². The first-order valence-electron chi connectivity index (χ1n) is 8.56. The summed E-state index contributed by atoms with van der Waals surface area (Å²) in [6.07, 6.45) is 0. The Morgan fingerprint density at radius 2 is 1.57 bits per heavy atom. The van der Waals surface area contributed by atoms with Gasteiger partial charge in [-0.1, -0.05) is 18.2 Å². The van der Waals surface area contributed by atoms with Crippen molar-refractivity contribution in [2.24, 2.45) is 0 Å². The third-order valence-electron chi connectivity index (χ3n) is 4.34. The molecule has 0 spiro atoms. The summed E-state index contributed by atoms with van der Waals surface area (Å²) in [6.45, 7) is 3.86. The van der Waals surface area contributed by atoms with E-state index in [1.165, 1.54) is 30.3 Å². The van der Waals surface area contributed by atoms with E-state index >= 15 is 0 Å². The average Bonchev–Trinajstić information content (AvgIpc) is 2.66. The number of aryl methyl sites for hydroxylation is 2. The predicted octanol–water partition coefficient (Wildman–Crippen LogP) is 4.06. The standard InChI is InChI=1S/C21H20N2O4S/c1-14-7-10-17(13-15(14)2)23-28(26,27)18-11-8-16(9-12-18)21(25)22-19-5-3-4-6-20(19)24/h3-13,23-24H,1-2H3,(H,22,25). The maximum atomic E-state index is 12.6. The van der Waals surface area contributed by atoms with Crippen LogP contribution in [0.2, 0.25) is 0 Å². The van der Waals surface area contributed by atoms with Crippen molar-refractivity contribution in [3.63, 3.8) is 0 Å². The van der Waals surface area contributed by atoms with Crippen molar-refractivity contribution in [3.05, 3.63) is 83.4 Å². The minimum Gasteiger partial charge on any atom is -0.506 e. The molecule has 0 saturated carbocycles. The van der Waals surface area contributed by atoms with Crippen LogP contribution >= 0.6 is 0 Å². The van der Waals surface area contributed by atoms with Crippen LogP contribution in [-0.2, 0) is 10.0 Å². The van der Waals surface area contributed by atoms with Crippen molar-refractivity contribution in [1.82, 2.24) is 0 Å². The Morgan fingerprint density at radius 1 is 0.893 bits per heavy atom. The van der Waals surface area contributed by atoms with Gasteiger partial charge >= 0.3 is 0 Å². The van der Waals surface area contributed by atoms with Gasteiger partial charge in [0.1, 0.15) is 5.75 Å². The van der Waals surface area contributed by atoms with Crippen LogP contribution in [0.15, 0.2) is 71.6 Å². The minimum atomic E-state index is -3.77. The van der Waals surface area contributed by atoms with Crippen molar-refractivity contribution in [2.75, 3.05) is 10.0 Å². The highest BCUT2D eigenvalue weighted by atomic mass is 32.2. The Bertz CT molecular complexity index is 1120. The summed E-state index contributed by atoms with van der Waals surface area (Å²) in [5.41, 5.74) is 3.08. The smallest absolute Gasteiger partial charge is 0.261 e. The first kappa shape index (κ1) is 19.4. The largest absolute Gasteiger partial charge is 0.506 e. The summed E-state index contributed by atoms with van der Waals surface area (Å²) in [5, 5.41) is 12.3. The maximum absolute atomic E-state index is 12.6. The third-order valence-corrected chi connectivity index (χ3v) is 5.74. The van der Waals surface area contributed by atoms with E-state index in [0.29, 0.717) is 5.69 Å². The number of benzene rings is 3. The first-order chi connectivity index (χ1) is 13.3. The second kappa shape index (κ2) is 7.74. The van der Waals surface area contributed by atoms with Crippen LogP contribution in [0.25, 0.3) is 0 Å². The molecule has 0 heterocycles. The monoisotopic (exact) mass is 396 g/mol. The van der Waals surface area contributed by atoms with Crippen molar-refractivity contribution >= 4 is 27.3 Å². The molecule has 144 valence electrons. The van der Waals surface area contributed by atoms with Gasteiger partial charge < -0.3 is 10.4 Å². The zero-order valence-electron chi connectivity index (χ0n) is 15.4. The number of sulfonamides is 1. The highest BCUT2D eigenvalue weighted by Crippen LogP contribution is 2.23. The normalized spacial score (nSPS) is 11.1. The van der Waals surface area contributed by atoms with E-state index in [-0.39, 0.29) is 21.9 Å². The SMILES string of the molecule is Cc1ccc(NS(=O)(=O)c2ccc(C(=O)Nc3ccccc3O)cc2)cc1C. The van der Waals surface area contributed by atoms with Crippen LogP contribution in [0.1, 0.15) is 21.5 Å². The first-order valence-corrected chi connectivity index (χ1v) is 10.0. The summed E-state index contributed by atoms with van der Waals surface area (Å²) in [6, 6.07) is 17.2. The molecule has 3 aromatic carbocycles. The van der Waals surface area contributed by atoms with E-state index in [1.807, 2.05) is 19.9 Å². The summed E-state index contributed by atoms with van der Waals surface area (Å²) >= 11 is 0. The highest BCUT2D eigenvalue weighted by Gasteiger charge is 2.16. The molecule has 0 aliphatic carbocycles. The molecule has 3 rings (SSSR count). The molecule has 1 amide bonds. The number of phenolic OH excluding ortho intramolecular Hbond substituents is 1. The number of phenols is 1. The Morgan fingerprint density at radius 3 is 2.21 bits per heavy atom. The van der Waals surface area contributed by atoms with Crippen LogP contribution in [0.4, 0.5) is 11.4 Å². The summed E-state index contributed by atoms with van der Waals surface area (Å²) in [5.74, 6) is -0.500. The van der Waals surface area contributed by atoms with Crippen LogP contribution in [0, 0.1) is 13.8 Å². The fourth-order valence-corrected chi connectivity index (χ4v) is 3.63. The number of nitrogens with one attached hydrogen (secondary N) is 2. The highest BCUT2D eigenvalue weighted by molar-refractivity contribution is 7.92. The topological polar surface area (TPSA) is 95.5 Å². The van der Waals surface area contributed by atoms with E-state index in [9.17, 15) is 18.3 Å². The van der Waals surface area contributed by atoms with Gasteiger partial charge in [0.05, 0.1) is 10.6 Å². The molecule has 0 saturated heterocycles. The molecule has 0 atom stereocenters. The summed E-state index contributed by atoms with van der Waals surface area (Å²) in [4.78, 5) is 12.3. The number of para-hydroxylation sites is 2. The number of aromatic hydroxyl groups is 1. The van der Waals surface area contributed by atoms with Gasteiger partial charge in [-0.15, -0.1) is 0 Å². The van der Waals surface area contributed by atoms with Crippen LogP contribution in [0.5, 0.6) is 5.75 Å². The number of carbonyl (C=O) groups is 1. The molecule has 0 fully saturated rings. The van der Waals surface area contributed by atoms with E-state index in [2.05, 4.69) is 10.0 Å². The molecular formula is C21H20N2O4S. The molecule has 0 unspecified atom stereocenters. The van der Waals surface area contributed by atoms with Gasteiger partial charge in [-0.2, -0.15) is 0 Å². The quantitative estimate of drug-likeness (QED) is 0.567. The van der Waals surface area contributed by atoms with E-state index in [4.69, 9.17) is 0 Å². The van der Waals surface area contributed by atoms with Crippen molar-refractivity contribution in [3.8, 4) is 5.75 Å². The van der Waals surface area contributed by atoms with E-state index < -0.39 is 15.9 Å². The van der Waals surface area contributed by atoms with Crippen molar-refractivity contribution in [1.29, 1.82) is 0 Å². The number of rotatable bonds is 5. The Balaban J connectivity index is 1.76. The van der Waals surface area contributed by atoms with Gasteiger partial charge in [0.25, 0.3) is 15.9 Å². The Labute approximate surface area is 163 Å². The minimum absolute atomic E-state index is 0.0461. The Kier molecular flexibility index (Phi) is 5.37. The van der Waals surface area contributed by atoms with Gasteiger partial charge in [-0.05, 0) is 73.5 Å². The molecule has 7 heteroatoms. The lowest BCUT2D eigenvalue weighted by Gasteiger charge is -2.11. The molecule has 0 aliphatic heterocycles. The number of hydrogen-bond donors (Lipinski definition) is 3. The molecule has 3 N–H and O–H groups in total. The summed E-state index contributed by atoms with van der Waals surface area (Å²) < 4.78 is 27.7. The second-order valence-corrected chi connectivity index (χ2v) is 8.08. The summed E-state index contributed by atoms with van der Waals surface area (Å²) in [7, 11) is -3.77. The molecule has 0 aliphatic rings. The van der Waals surface area contributed by atoms with Crippen LogP contribution in [0.3, 0.4) is 0 Å². The van der Waals surface area contributed by atoms with Gasteiger partial charge in [0.2, 0.25) is 0 Å². The van der Waals surface area contributed by atoms with E-state index in [1.54, 1.807) is 30.3 Å². The molecule has 0 radical (unpaired) electrons. The molecule has 28 heavy (non-hydrogen) atoms. The lowest BCUT2D eigenvalue weighted by Crippen LogP contribution is -2.15. The van der Waals surface area contributed by atoms with Crippen molar-refractivity contribution in [2.45, 2.75) is 18.7 Å². The average molecular weight is 396 g/mol. The Hall–Kier alpha value is -3.32.